The van der Waals surface area contributed by atoms with E-state index in [9.17, 15) is 0 Å². The van der Waals surface area contributed by atoms with Crippen LogP contribution in [0, 0.1) is 0 Å². The molecule has 294 valence electrons. The fourth-order valence-electron chi connectivity index (χ4n) is 9.72. The van der Waals surface area contributed by atoms with E-state index in [1.807, 2.05) is 6.07 Å². The third kappa shape index (κ3) is 5.48. The molecule has 9 aromatic carbocycles. The lowest BCUT2D eigenvalue weighted by atomic mass is 10.0. The average Bonchev–Trinajstić information content (AvgIpc) is 4.00. The first-order chi connectivity index (χ1) is 31.3. The molecule has 6 heteroatoms. The summed E-state index contributed by atoms with van der Waals surface area (Å²) in [4.78, 5) is 16.2. The van der Waals surface area contributed by atoms with E-state index in [-0.39, 0.29) is 0 Å². The lowest BCUT2D eigenvalue weighted by Crippen LogP contribution is -2.07. The van der Waals surface area contributed by atoms with Crippen LogP contribution < -0.4 is 0 Å². The van der Waals surface area contributed by atoms with Crippen LogP contribution >= 0.6 is 0 Å². The van der Waals surface area contributed by atoms with Gasteiger partial charge in [-0.1, -0.05) is 164 Å². The molecule has 4 heterocycles. The molecule has 0 saturated heterocycles. The maximum Gasteiger partial charge on any atom is 0.238 e. The molecule has 0 radical (unpaired) electrons. The summed E-state index contributed by atoms with van der Waals surface area (Å²) in [5.74, 6) is 1.75. The van der Waals surface area contributed by atoms with Crippen molar-refractivity contribution in [3.63, 3.8) is 0 Å². The van der Waals surface area contributed by atoms with Crippen LogP contribution in [0.3, 0.4) is 0 Å². The Bertz CT molecular complexity index is 3840. The molecule has 6 nitrogen and oxygen atoms in total. The molecule has 63 heavy (non-hydrogen) atoms. The molecule has 0 saturated carbocycles. The van der Waals surface area contributed by atoms with E-state index in [1.54, 1.807) is 0 Å². The predicted octanol–water partition coefficient (Wildman–Crippen LogP) is 14.2. The van der Waals surface area contributed by atoms with Gasteiger partial charge in [-0.3, -0.25) is 4.57 Å². The standard InChI is InChI=1S/C57H36N6/c1-3-16-37(17-4-1)38-30-32-39(33-31-38)55-58-56(40-18-15-21-42(36-40)62-48-26-11-7-22-43(48)44-23-8-12-27-49(44)62)60-57(59-55)63-50-28-13-9-24-45(50)46-34-35-52-53(54(46)63)47-25-10-14-29-51(47)61(52)41-19-5-2-6-20-41/h1-36H. The Morgan fingerprint density at radius 3 is 1.40 bits per heavy atom. The molecule has 0 aliphatic carbocycles. The summed E-state index contributed by atoms with van der Waals surface area (Å²) >= 11 is 0. The number of para-hydroxylation sites is 5. The second-order valence-electron chi connectivity index (χ2n) is 16.0. The molecule has 0 amide bonds. The Morgan fingerprint density at radius 2 is 0.730 bits per heavy atom. The minimum absolute atomic E-state index is 0.555. The van der Waals surface area contributed by atoms with Crippen molar-refractivity contribution in [1.82, 2.24) is 28.7 Å². The van der Waals surface area contributed by atoms with E-state index < -0.39 is 0 Å². The number of aromatic nitrogens is 6. The van der Waals surface area contributed by atoms with Gasteiger partial charge in [-0.15, -0.1) is 0 Å². The monoisotopic (exact) mass is 804 g/mol. The van der Waals surface area contributed by atoms with Gasteiger partial charge >= 0.3 is 0 Å². The minimum atomic E-state index is 0.555. The van der Waals surface area contributed by atoms with Gasteiger partial charge in [-0.05, 0) is 65.7 Å². The van der Waals surface area contributed by atoms with E-state index >= 15 is 0 Å². The van der Waals surface area contributed by atoms with Gasteiger partial charge in [-0.2, -0.15) is 9.97 Å². The summed E-state index contributed by atoms with van der Waals surface area (Å²) in [6.07, 6.45) is 0. The lowest BCUT2D eigenvalue weighted by Gasteiger charge is -2.13. The molecule has 0 unspecified atom stereocenters. The van der Waals surface area contributed by atoms with Crippen molar-refractivity contribution in [3.8, 4) is 51.2 Å². The van der Waals surface area contributed by atoms with Crippen molar-refractivity contribution in [2.45, 2.75) is 0 Å². The fraction of sp³-hybridized carbons (Fsp3) is 0. The van der Waals surface area contributed by atoms with Gasteiger partial charge in [-0.25, -0.2) is 4.98 Å². The highest BCUT2D eigenvalue weighted by Crippen LogP contribution is 2.42. The Morgan fingerprint density at radius 1 is 0.270 bits per heavy atom. The number of rotatable bonds is 6. The SMILES string of the molecule is c1ccc(-c2ccc(-c3nc(-c4cccc(-n5c6ccccc6c6ccccc65)c4)nc(-n4c5ccccc5c5ccc6c(c7ccccc7n6-c6ccccc6)c54)n3)cc2)cc1. The first-order valence-corrected chi connectivity index (χ1v) is 21.3. The normalized spacial score (nSPS) is 11.8. The average molecular weight is 805 g/mol. The first kappa shape index (κ1) is 35.2. The molecular weight excluding hydrogens is 769 g/mol. The third-order valence-electron chi connectivity index (χ3n) is 12.5. The van der Waals surface area contributed by atoms with Gasteiger partial charge in [0, 0.05) is 54.8 Å². The van der Waals surface area contributed by atoms with Crippen LogP contribution in [0.4, 0.5) is 0 Å². The van der Waals surface area contributed by atoms with E-state index in [0.29, 0.717) is 17.6 Å². The molecular formula is C57H36N6. The maximum atomic E-state index is 5.46. The van der Waals surface area contributed by atoms with Gasteiger partial charge in [0.2, 0.25) is 5.95 Å². The van der Waals surface area contributed by atoms with Crippen molar-refractivity contribution in [2.24, 2.45) is 0 Å². The van der Waals surface area contributed by atoms with Crippen LogP contribution in [0.25, 0.3) is 117 Å². The van der Waals surface area contributed by atoms with E-state index in [1.165, 1.54) is 10.8 Å². The van der Waals surface area contributed by atoms with Crippen molar-refractivity contribution < 1.29 is 0 Å². The molecule has 0 atom stereocenters. The molecule has 4 aromatic heterocycles. The summed E-state index contributed by atoms with van der Waals surface area (Å²) < 4.78 is 6.97. The number of hydrogen-bond acceptors (Lipinski definition) is 3. The molecule has 0 bridgehead atoms. The van der Waals surface area contributed by atoms with Crippen molar-refractivity contribution in [3.05, 3.63) is 218 Å². The summed E-state index contributed by atoms with van der Waals surface area (Å²) in [5.41, 5.74) is 12.9. The number of fused-ring (bicyclic) bond motifs is 10. The molecule has 0 aliphatic heterocycles. The Hall–Kier alpha value is -8.61. The third-order valence-corrected chi connectivity index (χ3v) is 12.5. The number of hydrogen-bond donors (Lipinski definition) is 0. The Labute approximate surface area is 362 Å². The van der Waals surface area contributed by atoms with Gasteiger partial charge in [0.05, 0.1) is 33.1 Å². The predicted molar refractivity (Wildman–Crippen MR) is 259 cm³/mol. The summed E-state index contributed by atoms with van der Waals surface area (Å²) in [6.45, 7) is 0. The van der Waals surface area contributed by atoms with E-state index in [2.05, 4.69) is 226 Å². The molecule has 13 rings (SSSR count). The Balaban J connectivity index is 1.09. The highest BCUT2D eigenvalue weighted by molar-refractivity contribution is 6.26. The van der Waals surface area contributed by atoms with Gasteiger partial charge < -0.3 is 9.13 Å². The summed E-state index contributed by atoms with van der Waals surface area (Å²) in [7, 11) is 0. The topological polar surface area (TPSA) is 53.5 Å². The van der Waals surface area contributed by atoms with E-state index in [4.69, 9.17) is 15.0 Å². The molecule has 0 N–H and O–H groups in total. The largest absolute Gasteiger partial charge is 0.309 e. The maximum absolute atomic E-state index is 5.46. The lowest BCUT2D eigenvalue weighted by molar-refractivity contribution is 0.955. The first-order valence-electron chi connectivity index (χ1n) is 21.3. The van der Waals surface area contributed by atoms with Crippen molar-refractivity contribution >= 4 is 65.4 Å². The number of nitrogens with zero attached hydrogens (tertiary/aromatic N) is 6. The van der Waals surface area contributed by atoms with Gasteiger partial charge in [0.1, 0.15) is 0 Å². The summed E-state index contributed by atoms with van der Waals surface area (Å²) in [5, 5.41) is 7.01. The fourth-order valence-corrected chi connectivity index (χ4v) is 9.72. The summed E-state index contributed by atoms with van der Waals surface area (Å²) in [6, 6.07) is 77.2. The zero-order valence-corrected chi connectivity index (χ0v) is 34.0. The number of benzene rings is 9. The quantitative estimate of drug-likeness (QED) is 0.168. The molecule has 0 fully saturated rings. The highest BCUT2D eigenvalue weighted by Gasteiger charge is 2.23. The van der Waals surface area contributed by atoms with Crippen LogP contribution in [0.15, 0.2) is 218 Å². The van der Waals surface area contributed by atoms with Crippen LogP contribution in [0.1, 0.15) is 0 Å². The zero-order chi connectivity index (χ0) is 41.4. The van der Waals surface area contributed by atoms with Crippen LogP contribution in [0.5, 0.6) is 0 Å². The second-order valence-corrected chi connectivity index (χ2v) is 16.0. The molecule has 0 spiro atoms. The minimum Gasteiger partial charge on any atom is -0.309 e. The van der Waals surface area contributed by atoms with Crippen molar-refractivity contribution in [2.75, 3.05) is 0 Å². The molecule has 0 aliphatic rings. The van der Waals surface area contributed by atoms with E-state index in [0.717, 1.165) is 88.3 Å². The van der Waals surface area contributed by atoms with Crippen LogP contribution in [-0.4, -0.2) is 28.7 Å². The van der Waals surface area contributed by atoms with Crippen LogP contribution in [0.2, 0.25) is 0 Å². The zero-order valence-electron chi connectivity index (χ0n) is 34.0. The van der Waals surface area contributed by atoms with Gasteiger partial charge in [0.25, 0.3) is 0 Å². The van der Waals surface area contributed by atoms with Gasteiger partial charge in [0.15, 0.2) is 11.6 Å². The highest BCUT2D eigenvalue weighted by atomic mass is 15.2. The molecule has 13 aromatic rings. The van der Waals surface area contributed by atoms with Crippen molar-refractivity contribution in [1.29, 1.82) is 0 Å². The smallest absolute Gasteiger partial charge is 0.238 e. The second kappa shape index (κ2) is 14.0. The Kier molecular flexibility index (Phi) is 7.80. The van der Waals surface area contributed by atoms with Crippen LogP contribution in [-0.2, 0) is 0 Å².